The fraction of sp³-hybridized carbons (Fsp3) is 0.0909. The predicted molar refractivity (Wildman–Crippen MR) is 67.5 cm³/mol. The summed E-state index contributed by atoms with van der Waals surface area (Å²) in [6.45, 7) is 1.94. The van der Waals surface area contributed by atoms with E-state index >= 15 is 0 Å². The third-order valence-electron chi connectivity index (χ3n) is 2.59. The van der Waals surface area contributed by atoms with Gasteiger partial charge in [-0.2, -0.15) is 4.37 Å². The van der Waals surface area contributed by atoms with Gasteiger partial charge in [-0.3, -0.25) is 4.79 Å². The summed E-state index contributed by atoms with van der Waals surface area (Å²) in [4.78, 5) is 15.5. The number of pyridine rings is 1. The molecule has 0 spiro atoms. The van der Waals surface area contributed by atoms with Crippen LogP contribution in [0.2, 0.25) is 5.02 Å². The van der Waals surface area contributed by atoms with Gasteiger partial charge in [0.1, 0.15) is 4.83 Å². The molecular formula is C11H7ClN2OS. The Hall–Kier alpha value is -1.39. The number of halogens is 1. The maximum atomic E-state index is 11.8. The predicted octanol–water partition coefficient (Wildman–Crippen LogP) is 3.10. The highest BCUT2D eigenvalue weighted by molar-refractivity contribution is 7.13. The molecule has 16 heavy (non-hydrogen) atoms. The third-order valence-corrected chi connectivity index (χ3v) is 3.67. The van der Waals surface area contributed by atoms with Gasteiger partial charge in [0.05, 0.1) is 5.69 Å². The quantitative estimate of drug-likeness (QED) is 0.666. The summed E-state index contributed by atoms with van der Waals surface area (Å²) in [6, 6.07) is 5.35. The molecule has 0 saturated carbocycles. The first kappa shape index (κ1) is 9.81. The first-order valence-corrected chi connectivity index (χ1v) is 5.89. The number of aromatic amines is 1. The lowest BCUT2D eigenvalue weighted by molar-refractivity contribution is 1.35. The average molecular weight is 251 g/mol. The number of fused-ring (bicyclic) bond motifs is 3. The summed E-state index contributed by atoms with van der Waals surface area (Å²) >= 11 is 7.20. The van der Waals surface area contributed by atoms with Gasteiger partial charge in [-0.15, -0.1) is 0 Å². The van der Waals surface area contributed by atoms with Crippen molar-refractivity contribution in [2.45, 2.75) is 6.92 Å². The molecule has 0 amide bonds. The normalized spacial score (nSPS) is 11.4. The molecule has 2 aromatic heterocycles. The van der Waals surface area contributed by atoms with Gasteiger partial charge in [0.15, 0.2) is 0 Å². The summed E-state index contributed by atoms with van der Waals surface area (Å²) in [6.07, 6.45) is 0. The van der Waals surface area contributed by atoms with E-state index < -0.39 is 0 Å². The molecule has 2 heterocycles. The molecule has 0 aliphatic heterocycles. The Kier molecular flexibility index (Phi) is 2.02. The van der Waals surface area contributed by atoms with Crippen LogP contribution in [0.15, 0.2) is 23.0 Å². The molecule has 80 valence electrons. The van der Waals surface area contributed by atoms with Gasteiger partial charge in [-0.25, -0.2) is 0 Å². The van der Waals surface area contributed by atoms with Crippen LogP contribution < -0.4 is 5.56 Å². The molecule has 3 rings (SSSR count). The lowest BCUT2D eigenvalue weighted by atomic mass is 10.1. The van der Waals surface area contributed by atoms with E-state index in [0.29, 0.717) is 10.4 Å². The molecule has 0 unspecified atom stereocenters. The van der Waals surface area contributed by atoms with Crippen LogP contribution in [0.5, 0.6) is 0 Å². The molecule has 3 nitrogen and oxygen atoms in total. The number of hydrogen-bond acceptors (Lipinski definition) is 3. The Balaban J connectivity index is 2.68. The second-order valence-corrected chi connectivity index (χ2v) is 4.83. The van der Waals surface area contributed by atoms with Crippen molar-refractivity contribution < 1.29 is 0 Å². The van der Waals surface area contributed by atoms with E-state index in [1.165, 1.54) is 11.5 Å². The summed E-state index contributed by atoms with van der Waals surface area (Å²) in [5.74, 6) is 0. The molecule has 1 aromatic carbocycles. The van der Waals surface area contributed by atoms with Gasteiger partial charge in [-0.05, 0) is 36.0 Å². The van der Waals surface area contributed by atoms with Crippen LogP contribution in [0.3, 0.4) is 0 Å². The minimum absolute atomic E-state index is 0.117. The second-order valence-electron chi connectivity index (χ2n) is 3.62. The van der Waals surface area contributed by atoms with E-state index in [2.05, 4.69) is 9.36 Å². The second kappa shape index (κ2) is 3.30. The van der Waals surface area contributed by atoms with Crippen LogP contribution in [0.25, 0.3) is 21.0 Å². The molecule has 0 aliphatic carbocycles. The molecule has 0 atom stereocenters. The fourth-order valence-corrected chi connectivity index (χ4v) is 2.84. The molecule has 0 saturated heterocycles. The third kappa shape index (κ3) is 1.27. The van der Waals surface area contributed by atoms with Crippen LogP contribution in [0.4, 0.5) is 0 Å². The number of aromatic nitrogens is 2. The van der Waals surface area contributed by atoms with Gasteiger partial charge in [0.25, 0.3) is 5.56 Å². The molecular weight excluding hydrogens is 244 g/mol. The Labute approximate surface area is 99.8 Å². The lowest BCUT2D eigenvalue weighted by Crippen LogP contribution is -2.05. The zero-order valence-corrected chi connectivity index (χ0v) is 9.95. The number of nitrogens with one attached hydrogen (secondary N) is 1. The highest BCUT2D eigenvalue weighted by Gasteiger charge is 2.10. The van der Waals surface area contributed by atoms with Crippen molar-refractivity contribution in [3.63, 3.8) is 0 Å². The standard InChI is InChI=1S/C11H7ClN2OS/c1-5-9-7-3-2-6(12)4-8(7)10(15)13-11(9)16-14-5/h2-4H,1H3,(H,13,15). The molecule has 5 heteroatoms. The largest absolute Gasteiger partial charge is 0.312 e. The van der Waals surface area contributed by atoms with Crippen molar-refractivity contribution in [2.75, 3.05) is 0 Å². The van der Waals surface area contributed by atoms with Crippen LogP contribution >= 0.6 is 23.1 Å². The van der Waals surface area contributed by atoms with Crippen molar-refractivity contribution in [3.8, 4) is 0 Å². The van der Waals surface area contributed by atoms with Crippen molar-refractivity contribution in [3.05, 3.63) is 39.3 Å². The van der Waals surface area contributed by atoms with Gasteiger partial charge >= 0.3 is 0 Å². The molecule has 0 aliphatic rings. The van der Waals surface area contributed by atoms with Gasteiger partial charge in [0, 0.05) is 15.8 Å². The van der Waals surface area contributed by atoms with Gasteiger partial charge < -0.3 is 4.98 Å². The first-order valence-electron chi connectivity index (χ1n) is 4.74. The highest BCUT2D eigenvalue weighted by atomic mass is 35.5. The Morgan fingerprint density at radius 2 is 2.19 bits per heavy atom. The van der Waals surface area contributed by atoms with Gasteiger partial charge in [0.2, 0.25) is 0 Å². The molecule has 1 N–H and O–H groups in total. The number of rotatable bonds is 0. The zero-order valence-electron chi connectivity index (χ0n) is 8.37. The number of hydrogen-bond donors (Lipinski definition) is 1. The number of nitrogens with zero attached hydrogens (tertiary/aromatic N) is 1. The summed E-state index contributed by atoms with van der Waals surface area (Å²) < 4.78 is 4.25. The molecule has 0 fully saturated rings. The monoisotopic (exact) mass is 250 g/mol. The summed E-state index contributed by atoms with van der Waals surface area (Å²) in [5, 5.41) is 3.10. The maximum Gasteiger partial charge on any atom is 0.257 e. The van der Waals surface area contributed by atoms with Crippen molar-refractivity contribution in [2.24, 2.45) is 0 Å². The first-order chi connectivity index (χ1) is 7.66. The average Bonchev–Trinajstić information content (AvgIpc) is 2.61. The van der Waals surface area contributed by atoms with Crippen molar-refractivity contribution in [1.29, 1.82) is 0 Å². The summed E-state index contributed by atoms with van der Waals surface area (Å²) in [5.41, 5.74) is 0.817. The highest BCUT2D eigenvalue weighted by Crippen LogP contribution is 2.27. The van der Waals surface area contributed by atoms with E-state index in [1.54, 1.807) is 12.1 Å². The number of H-pyrrole nitrogens is 1. The molecule has 3 aromatic rings. The minimum atomic E-state index is -0.117. The maximum absolute atomic E-state index is 11.8. The van der Waals surface area contributed by atoms with Crippen LogP contribution in [-0.4, -0.2) is 9.36 Å². The smallest absolute Gasteiger partial charge is 0.257 e. The topological polar surface area (TPSA) is 45.8 Å². The van der Waals surface area contributed by atoms with E-state index in [1.807, 2.05) is 13.0 Å². The number of aryl methyl sites for hydroxylation is 1. The SMILES string of the molecule is Cc1nsc2[nH]c(=O)c3cc(Cl)ccc3c12. The van der Waals surface area contributed by atoms with E-state index in [4.69, 9.17) is 11.6 Å². The molecule has 0 bridgehead atoms. The van der Waals surface area contributed by atoms with Crippen molar-refractivity contribution >= 4 is 44.1 Å². The van der Waals surface area contributed by atoms with Crippen molar-refractivity contribution in [1.82, 2.24) is 9.36 Å². The minimum Gasteiger partial charge on any atom is -0.312 e. The van der Waals surface area contributed by atoms with Crippen LogP contribution in [0, 0.1) is 6.92 Å². The number of benzene rings is 1. The Morgan fingerprint density at radius 3 is 3.00 bits per heavy atom. The Morgan fingerprint density at radius 1 is 1.38 bits per heavy atom. The summed E-state index contributed by atoms with van der Waals surface area (Å²) in [7, 11) is 0. The van der Waals surface area contributed by atoms with Crippen LogP contribution in [-0.2, 0) is 0 Å². The lowest BCUT2D eigenvalue weighted by Gasteiger charge is -2.00. The van der Waals surface area contributed by atoms with E-state index in [-0.39, 0.29) is 5.56 Å². The Bertz CT molecular complexity index is 760. The van der Waals surface area contributed by atoms with Gasteiger partial charge in [-0.1, -0.05) is 17.7 Å². The van der Waals surface area contributed by atoms with E-state index in [9.17, 15) is 4.79 Å². The molecule has 0 radical (unpaired) electrons. The van der Waals surface area contributed by atoms with Crippen LogP contribution in [0.1, 0.15) is 5.69 Å². The fourth-order valence-electron chi connectivity index (χ4n) is 1.87. The van der Waals surface area contributed by atoms with E-state index in [0.717, 1.165) is 21.3 Å². The zero-order chi connectivity index (χ0) is 11.3.